The molecule has 3 nitrogen and oxygen atoms in total. The van der Waals surface area contributed by atoms with E-state index < -0.39 is 0 Å². The average Bonchev–Trinajstić information content (AvgIpc) is 3.00. The molecule has 0 radical (unpaired) electrons. The van der Waals surface area contributed by atoms with Gasteiger partial charge in [-0.25, -0.2) is 4.98 Å². The van der Waals surface area contributed by atoms with Crippen LogP contribution in [0.15, 0.2) is 35.7 Å². The average molecular weight is 301 g/mol. The van der Waals surface area contributed by atoms with E-state index in [2.05, 4.69) is 53.5 Å². The zero-order valence-corrected chi connectivity index (χ0v) is 13.6. The number of likely N-dealkylation sites (tertiary alicyclic amines) is 1. The van der Waals surface area contributed by atoms with Gasteiger partial charge in [0, 0.05) is 24.5 Å². The van der Waals surface area contributed by atoms with Crippen molar-refractivity contribution in [3.8, 4) is 11.3 Å². The zero-order valence-electron chi connectivity index (χ0n) is 12.8. The molecule has 0 saturated carbocycles. The number of piperidine rings is 1. The van der Waals surface area contributed by atoms with Crippen molar-refractivity contribution in [2.45, 2.75) is 12.8 Å². The molecule has 3 rings (SSSR count). The number of thiazole rings is 1. The largest absolute Gasteiger partial charge is 0.351 e. The first-order valence-corrected chi connectivity index (χ1v) is 8.51. The fraction of sp³-hybridized carbons (Fsp3) is 0.471. The van der Waals surface area contributed by atoms with Crippen LogP contribution in [0.4, 0.5) is 5.13 Å². The van der Waals surface area contributed by atoms with Crippen LogP contribution in [-0.2, 0) is 0 Å². The molecule has 0 unspecified atom stereocenters. The SMILES string of the molecule is CN1CCC(CN(C)c2nc(-c3ccccc3)cs2)CC1. The van der Waals surface area contributed by atoms with Gasteiger partial charge in [0.25, 0.3) is 0 Å². The summed E-state index contributed by atoms with van der Waals surface area (Å²) >= 11 is 1.75. The van der Waals surface area contributed by atoms with Gasteiger partial charge in [-0.05, 0) is 38.9 Å². The van der Waals surface area contributed by atoms with Crippen molar-refractivity contribution in [2.24, 2.45) is 5.92 Å². The van der Waals surface area contributed by atoms with Crippen LogP contribution in [0.1, 0.15) is 12.8 Å². The van der Waals surface area contributed by atoms with Gasteiger partial charge >= 0.3 is 0 Å². The van der Waals surface area contributed by atoms with Crippen molar-refractivity contribution in [2.75, 3.05) is 38.6 Å². The molecule has 0 N–H and O–H groups in total. The van der Waals surface area contributed by atoms with Gasteiger partial charge in [-0.3, -0.25) is 0 Å². The maximum Gasteiger partial charge on any atom is 0.185 e. The molecular formula is C17H23N3S. The molecule has 0 aliphatic carbocycles. The highest BCUT2D eigenvalue weighted by Crippen LogP contribution is 2.28. The van der Waals surface area contributed by atoms with Crippen molar-refractivity contribution in [1.29, 1.82) is 0 Å². The molecule has 1 saturated heterocycles. The van der Waals surface area contributed by atoms with Crippen LogP contribution in [0.5, 0.6) is 0 Å². The first-order valence-electron chi connectivity index (χ1n) is 7.63. The zero-order chi connectivity index (χ0) is 14.7. The molecule has 1 fully saturated rings. The minimum atomic E-state index is 0.801. The Bertz CT molecular complexity index is 558. The van der Waals surface area contributed by atoms with Gasteiger partial charge in [0.05, 0.1) is 5.69 Å². The molecule has 1 aromatic carbocycles. The topological polar surface area (TPSA) is 19.4 Å². The van der Waals surface area contributed by atoms with Gasteiger partial charge in [-0.2, -0.15) is 0 Å². The Morgan fingerprint density at radius 1 is 1.24 bits per heavy atom. The van der Waals surface area contributed by atoms with Gasteiger partial charge in [-0.15, -0.1) is 11.3 Å². The van der Waals surface area contributed by atoms with Crippen LogP contribution < -0.4 is 4.90 Å². The number of aromatic nitrogens is 1. The number of hydrogen-bond acceptors (Lipinski definition) is 4. The molecule has 112 valence electrons. The number of hydrogen-bond donors (Lipinski definition) is 0. The van der Waals surface area contributed by atoms with Crippen molar-refractivity contribution in [1.82, 2.24) is 9.88 Å². The van der Waals surface area contributed by atoms with Crippen molar-refractivity contribution >= 4 is 16.5 Å². The Balaban J connectivity index is 1.63. The van der Waals surface area contributed by atoms with Gasteiger partial charge < -0.3 is 9.80 Å². The minimum Gasteiger partial charge on any atom is -0.351 e. The molecule has 0 amide bonds. The van der Waals surface area contributed by atoms with E-state index in [-0.39, 0.29) is 0 Å². The summed E-state index contributed by atoms with van der Waals surface area (Å²) in [5.74, 6) is 0.801. The monoisotopic (exact) mass is 301 g/mol. The maximum absolute atomic E-state index is 4.79. The Kier molecular flexibility index (Phi) is 4.56. The highest BCUT2D eigenvalue weighted by molar-refractivity contribution is 7.14. The van der Waals surface area contributed by atoms with E-state index in [9.17, 15) is 0 Å². The molecule has 1 aliphatic rings. The summed E-state index contributed by atoms with van der Waals surface area (Å²) in [5.41, 5.74) is 2.29. The first kappa shape index (κ1) is 14.5. The van der Waals surface area contributed by atoms with Crippen LogP contribution in [-0.4, -0.2) is 43.6 Å². The van der Waals surface area contributed by atoms with Crippen LogP contribution in [0.25, 0.3) is 11.3 Å². The highest BCUT2D eigenvalue weighted by Gasteiger charge is 2.19. The highest BCUT2D eigenvalue weighted by atomic mass is 32.1. The fourth-order valence-corrected chi connectivity index (χ4v) is 3.70. The van der Waals surface area contributed by atoms with Gasteiger partial charge in [0.2, 0.25) is 0 Å². The standard InChI is InChI=1S/C17H23N3S/c1-19-10-8-14(9-11-19)12-20(2)17-18-16(13-21-17)15-6-4-3-5-7-15/h3-7,13-14H,8-12H2,1-2H3. The molecule has 1 aromatic heterocycles. The molecular weight excluding hydrogens is 278 g/mol. The van der Waals surface area contributed by atoms with Crippen LogP contribution in [0, 0.1) is 5.92 Å². The predicted molar refractivity (Wildman–Crippen MR) is 91.0 cm³/mol. The molecule has 2 aromatic rings. The van der Waals surface area contributed by atoms with Gasteiger partial charge in [-0.1, -0.05) is 30.3 Å². The summed E-state index contributed by atoms with van der Waals surface area (Å²) in [4.78, 5) is 9.55. The van der Waals surface area contributed by atoms with Crippen molar-refractivity contribution < 1.29 is 0 Å². The maximum atomic E-state index is 4.79. The van der Waals surface area contributed by atoms with E-state index in [1.807, 2.05) is 6.07 Å². The molecule has 2 heterocycles. The van der Waals surface area contributed by atoms with Crippen LogP contribution in [0.3, 0.4) is 0 Å². The van der Waals surface area contributed by atoms with Gasteiger partial charge in [0.15, 0.2) is 5.13 Å². The molecule has 0 spiro atoms. The number of anilines is 1. The Hall–Kier alpha value is -1.39. The third kappa shape index (κ3) is 3.63. The van der Waals surface area contributed by atoms with E-state index in [0.29, 0.717) is 0 Å². The number of rotatable bonds is 4. The molecule has 4 heteroatoms. The quantitative estimate of drug-likeness (QED) is 0.860. The van der Waals surface area contributed by atoms with E-state index in [1.54, 1.807) is 11.3 Å². The third-order valence-electron chi connectivity index (χ3n) is 4.26. The second kappa shape index (κ2) is 6.58. The van der Waals surface area contributed by atoms with Gasteiger partial charge in [0.1, 0.15) is 0 Å². The van der Waals surface area contributed by atoms with E-state index in [4.69, 9.17) is 4.98 Å². The van der Waals surface area contributed by atoms with Crippen LogP contribution >= 0.6 is 11.3 Å². The molecule has 21 heavy (non-hydrogen) atoms. The van der Waals surface area contributed by atoms with Crippen molar-refractivity contribution in [3.05, 3.63) is 35.7 Å². The molecule has 0 bridgehead atoms. The normalized spacial score (nSPS) is 17.0. The number of nitrogens with zero attached hydrogens (tertiary/aromatic N) is 3. The minimum absolute atomic E-state index is 0.801. The van der Waals surface area contributed by atoms with Crippen molar-refractivity contribution in [3.63, 3.8) is 0 Å². The first-order chi connectivity index (χ1) is 10.2. The lowest BCUT2D eigenvalue weighted by Crippen LogP contribution is -2.35. The Morgan fingerprint density at radius 2 is 1.95 bits per heavy atom. The second-order valence-electron chi connectivity index (χ2n) is 6.01. The lowest BCUT2D eigenvalue weighted by molar-refractivity contribution is 0.222. The summed E-state index contributed by atoms with van der Waals surface area (Å²) in [5, 5.41) is 3.29. The van der Waals surface area contributed by atoms with E-state index >= 15 is 0 Å². The molecule has 1 aliphatic heterocycles. The van der Waals surface area contributed by atoms with Crippen LogP contribution in [0.2, 0.25) is 0 Å². The van der Waals surface area contributed by atoms with E-state index in [0.717, 1.165) is 23.3 Å². The predicted octanol–water partition coefficient (Wildman–Crippen LogP) is 3.59. The smallest absolute Gasteiger partial charge is 0.185 e. The summed E-state index contributed by atoms with van der Waals surface area (Å²) in [6.45, 7) is 3.58. The second-order valence-corrected chi connectivity index (χ2v) is 6.85. The lowest BCUT2D eigenvalue weighted by Gasteiger charge is -2.31. The summed E-state index contributed by atoms with van der Waals surface area (Å²) < 4.78 is 0. The summed E-state index contributed by atoms with van der Waals surface area (Å²) in [6, 6.07) is 10.4. The summed E-state index contributed by atoms with van der Waals surface area (Å²) in [6.07, 6.45) is 2.61. The third-order valence-corrected chi connectivity index (χ3v) is 5.21. The van der Waals surface area contributed by atoms with E-state index in [1.165, 1.54) is 31.5 Å². The Labute approximate surface area is 131 Å². The fourth-order valence-electron chi connectivity index (χ4n) is 2.89. The molecule has 0 atom stereocenters. The summed E-state index contributed by atoms with van der Waals surface area (Å²) in [7, 11) is 4.39. The number of benzene rings is 1. The lowest BCUT2D eigenvalue weighted by atomic mass is 9.97. The Morgan fingerprint density at radius 3 is 2.67 bits per heavy atom.